The number of alkyl carbamates (subject to hydrolysis) is 1. The molecule has 0 radical (unpaired) electrons. The molecular formula is C34H43F2N5O5. The summed E-state index contributed by atoms with van der Waals surface area (Å²) in [5.74, 6) is -0.499. The Morgan fingerprint density at radius 1 is 1.07 bits per heavy atom. The number of hydrogen-bond donors (Lipinski definition) is 2. The second-order valence-electron chi connectivity index (χ2n) is 13.0. The number of aliphatic hydroxyl groups is 1. The van der Waals surface area contributed by atoms with Gasteiger partial charge in [0.2, 0.25) is 12.4 Å². The predicted molar refractivity (Wildman–Crippen MR) is 168 cm³/mol. The van der Waals surface area contributed by atoms with Gasteiger partial charge < -0.3 is 29.5 Å². The van der Waals surface area contributed by atoms with Gasteiger partial charge in [-0.05, 0) is 75.8 Å². The van der Waals surface area contributed by atoms with E-state index in [9.17, 15) is 18.7 Å². The van der Waals surface area contributed by atoms with Crippen molar-refractivity contribution in [3.63, 3.8) is 0 Å². The lowest BCUT2D eigenvalue weighted by Gasteiger charge is -2.36. The van der Waals surface area contributed by atoms with E-state index in [1.807, 2.05) is 47.1 Å². The molecule has 1 unspecified atom stereocenters. The molecule has 248 valence electrons. The minimum absolute atomic E-state index is 0.103. The monoisotopic (exact) mass is 639 g/mol. The number of benzene rings is 2. The van der Waals surface area contributed by atoms with Crippen molar-refractivity contribution in [3.8, 4) is 5.75 Å². The van der Waals surface area contributed by atoms with Gasteiger partial charge in [0.15, 0.2) is 5.75 Å². The van der Waals surface area contributed by atoms with Gasteiger partial charge in [0.05, 0.1) is 31.1 Å². The average Bonchev–Trinajstić information content (AvgIpc) is 3.44. The number of rotatable bonds is 10. The van der Waals surface area contributed by atoms with Crippen molar-refractivity contribution in [1.82, 2.24) is 20.2 Å². The first-order chi connectivity index (χ1) is 21.9. The number of hydrogen-bond acceptors (Lipinski definition) is 9. The number of nitrogens with one attached hydrogen (secondary N) is 1. The van der Waals surface area contributed by atoms with E-state index in [0.29, 0.717) is 31.4 Å². The summed E-state index contributed by atoms with van der Waals surface area (Å²) in [6.07, 6.45) is 3.17. The molecule has 3 aromatic rings. The molecule has 2 fully saturated rings. The smallest absolute Gasteiger partial charge is 0.407 e. The number of likely N-dealkylation sites (tertiary alicyclic amines) is 1. The molecule has 5 rings (SSSR count). The molecule has 0 aliphatic carbocycles. The van der Waals surface area contributed by atoms with E-state index in [2.05, 4.69) is 15.3 Å². The van der Waals surface area contributed by atoms with Gasteiger partial charge in [-0.2, -0.15) is 0 Å². The average molecular weight is 640 g/mol. The van der Waals surface area contributed by atoms with Crippen LogP contribution in [0.15, 0.2) is 60.9 Å². The Labute approximate surface area is 268 Å². The van der Waals surface area contributed by atoms with E-state index in [-0.39, 0.29) is 30.7 Å². The minimum atomic E-state index is -0.958. The highest BCUT2D eigenvalue weighted by molar-refractivity contribution is 5.68. The number of halogens is 2. The van der Waals surface area contributed by atoms with Crippen LogP contribution in [-0.4, -0.2) is 76.4 Å². The number of carbonyl (C=O) groups excluding carboxylic acids is 1. The number of amides is 1. The largest absolute Gasteiger partial charge is 0.487 e. The molecule has 2 aliphatic rings. The zero-order chi connectivity index (χ0) is 32.8. The van der Waals surface area contributed by atoms with Crippen molar-refractivity contribution in [2.45, 2.75) is 77.2 Å². The third kappa shape index (κ3) is 8.89. The van der Waals surface area contributed by atoms with Gasteiger partial charge in [-0.15, -0.1) is 0 Å². The van der Waals surface area contributed by atoms with Crippen LogP contribution in [-0.2, 0) is 16.1 Å². The standard InChI is InChI=1S/C34H43F2N5O5/c1-22(24-12-14-40(15-13-24)33(43)44-21-23-8-6-5-7-9-23)45-26-17-37-31(38-18-26)41-19-28(27-16-25(35)10-11-29(27)36)30(20-41)39-32(42)46-34(2,3)4/h5-11,16-18,22,24,28,30,33,43H,12-15,19-21H2,1-4H3,(H,39,42)/t22-,28+,30-,33?/m0/s1. The van der Waals surface area contributed by atoms with E-state index in [1.54, 1.807) is 33.2 Å². The molecule has 2 N–H and O–H groups in total. The Balaban J connectivity index is 1.16. The molecule has 0 bridgehead atoms. The van der Waals surface area contributed by atoms with Gasteiger partial charge in [0, 0.05) is 32.1 Å². The fourth-order valence-corrected chi connectivity index (χ4v) is 5.99. The Bertz CT molecular complexity index is 1430. The zero-order valence-corrected chi connectivity index (χ0v) is 26.7. The number of aliphatic hydroxyl groups excluding tert-OH is 1. The van der Waals surface area contributed by atoms with Crippen molar-refractivity contribution in [1.29, 1.82) is 0 Å². The van der Waals surface area contributed by atoms with Crippen LogP contribution in [0.5, 0.6) is 5.75 Å². The molecule has 1 amide bonds. The Hall–Kier alpha value is -3.87. The van der Waals surface area contributed by atoms with Crippen LogP contribution in [0.25, 0.3) is 0 Å². The van der Waals surface area contributed by atoms with Crippen LogP contribution in [0, 0.1) is 17.6 Å². The molecule has 2 aliphatic heterocycles. The van der Waals surface area contributed by atoms with Gasteiger partial charge in [0.25, 0.3) is 0 Å². The summed E-state index contributed by atoms with van der Waals surface area (Å²) in [5.41, 5.74) is 0.459. The molecule has 46 heavy (non-hydrogen) atoms. The van der Waals surface area contributed by atoms with Crippen molar-refractivity contribution in [2.24, 2.45) is 5.92 Å². The Morgan fingerprint density at radius 2 is 1.76 bits per heavy atom. The first-order valence-corrected chi connectivity index (χ1v) is 15.7. The molecule has 2 saturated heterocycles. The lowest BCUT2D eigenvalue weighted by molar-refractivity contribution is -0.207. The van der Waals surface area contributed by atoms with Crippen LogP contribution >= 0.6 is 0 Å². The van der Waals surface area contributed by atoms with Crippen LogP contribution in [0.1, 0.15) is 57.6 Å². The third-order valence-corrected chi connectivity index (χ3v) is 8.39. The van der Waals surface area contributed by atoms with Crippen LogP contribution in [0.3, 0.4) is 0 Å². The molecule has 10 nitrogen and oxygen atoms in total. The fraction of sp³-hybridized carbons (Fsp3) is 0.500. The van der Waals surface area contributed by atoms with Crippen molar-refractivity contribution >= 4 is 12.0 Å². The number of anilines is 1. The fourth-order valence-electron chi connectivity index (χ4n) is 5.99. The number of carbonyl (C=O) groups is 1. The number of ether oxygens (including phenoxy) is 3. The molecular weight excluding hydrogens is 596 g/mol. The maximum atomic E-state index is 14.8. The quantitative estimate of drug-likeness (QED) is 0.289. The maximum Gasteiger partial charge on any atom is 0.407 e. The first kappa shape index (κ1) is 33.5. The summed E-state index contributed by atoms with van der Waals surface area (Å²) in [7, 11) is 0. The molecule has 4 atom stereocenters. The van der Waals surface area contributed by atoms with Crippen molar-refractivity contribution in [2.75, 3.05) is 31.1 Å². The molecule has 12 heteroatoms. The van der Waals surface area contributed by atoms with Crippen molar-refractivity contribution in [3.05, 3.63) is 83.7 Å². The van der Waals surface area contributed by atoms with Crippen molar-refractivity contribution < 1.29 is 32.9 Å². The summed E-state index contributed by atoms with van der Waals surface area (Å²) in [6, 6.07) is 12.5. The normalized spacial score (nSPS) is 20.7. The van der Waals surface area contributed by atoms with E-state index in [1.165, 1.54) is 0 Å². The number of piperidine rings is 1. The summed E-state index contributed by atoms with van der Waals surface area (Å²) >= 11 is 0. The lowest BCUT2D eigenvalue weighted by Crippen LogP contribution is -2.45. The molecule has 1 aromatic heterocycles. The second kappa shape index (κ2) is 14.7. The highest BCUT2D eigenvalue weighted by Gasteiger charge is 2.38. The number of nitrogens with zero attached hydrogens (tertiary/aromatic N) is 4. The minimum Gasteiger partial charge on any atom is -0.487 e. The van der Waals surface area contributed by atoms with Gasteiger partial charge in [-0.25, -0.2) is 23.5 Å². The predicted octanol–water partition coefficient (Wildman–Crippen LogP) is 5.22. The zero-order valence-electron chi connectivity index (χ0n) is 26.7. The summed E-state index contributed by atoms with van der Waals surface area (Å²) in [5, 5.41) is 13.3. The van der Waals surface area contributed by atoms with Gasteiger partial charge in [-0.1, -0.05) is 30.3 Å². The summed E-state index contributed by atoms with van der Waals surface area (Å²) < 4.78 is 46.2. The van der Waals surface area contributed by atoms with Gasteiger partial charge >= 0.3 is 6.09 Å². The highest BCUT2D eigenvalue weighted by atomic mass is 19.1. The molecule has 0 spiro atoms. The summed E-state index contributed by atoms with van der Waals surface area (Å²) in [6.45, 7) is 9.53. The third-order valence-electron chi connectivity index (χ3n) is 8.39. The SMILES string of the molecule is C[C@H](Oc1cnc(N2C[C@H](NC(=O)OC(C)(C)C)[C@@H](c3cc(F)ccc3F)C2)nc1)C1CCN(C(O)OCc2ccccc2)CC1. The number of aromatic nitrogens is 2. The highest BCUT2D eigenvalue weighted by Crippen LogP contribution is 2.33. The first-order valence-electron chi connectivity index (χ1n) is 15.7. The Kier molecular flexibility index (Phi) is 10.7. The van der Waals surface area contributed by atoms with Gasteiger partial charge in [-0.3, -0.25) is 4.90 Å². The van der Waals surface area contributed by atoms with E-state index in [4.69, 9.17) is 14.2 Å². The van der Waals surface area contributed by atoms with Crippen LogP contribution < -0.4 is 15.0 Å². The second-order valence-corrected chi connectivity index (χ2v) is 13.0. The van der Waals surface area contributed by atoms with Gasteiger partial charge in [0.1, 0.15) is 17.2 Å². The molecule has 3 heterocycles. The Morgan fingerprint density at radius 3 is 2.43 bits per heavy atom. The van der Waals surface area contributed by atoms with Crippen LogP contribution in [0.2, 0.25) is 0 Å². The maximum absolute atomic E-state index is 14.8. The van der Waals surface area contributed by atoms with E-state index < -0.39 is 41.7 Å². The topological polar surface area (TPSA) is 109 Å². The summed E-state index contributed by atoms with van der Waals surface area (Å²) in [4.78, 5) is 25.4. The van der Waals surface area contributed by atoms with E-state index >= 15 is 0 Å². The van der Waals surface area contributed by atoms with E-state index in [0.717, 1.165) is 36.6 Å². The van der Waals surface area contributed by atoms with Crippen LogP contribution in [0.4, 0.5) is 19.5 Å². The molecule has 0 saturated carbocycles. The molecule has 2 aromatic carbocycles. The lowest BCUT2D eigenvalue weighted by atomic mass is 9.92.